The number of aliphatic hydroxyl groups is 1. The number of hydrogen-bond donors (Lipinski definition) is 3. The first kappa shape index (κ1) is 103. The maximum atomic E-state index is 13.1. The summed E-state index contributed by atoms with van der Waals surface area (Å²) in [6, 6.07) is 0. The summed E-state index contributed by atoms with van der Waals surface area (Å²) in [5, 5.41) is 10.7. The first-order chi connectivity index (χ1) is 50.8. The summed E-state index contributed by atoms with van der Waals surface area (Å²) < 4.78 is 68.9. The summed E-state index contributed by atoms with van der Waals surface area (Å²) >= 11 is 0. The number of hydrogen-bond acceptors (Lipinski definition) is 15. The van der Waals surface area contributed by atoms with E-state index in [1.54, 1.807) is 0 Å². The highest BCUT2D eigenvalue weighted by Gasteiger charge is 2.30. The second-order valence-electron chi connectivity index (χ2n) is 32.1. The average molecular weight is 1540 g/mol. The molecule has 0 bridgehead atoms. The van der Waals surface area contributed by atoms with Gasteiger partial charge >= 0.3 is 39.5 Å². The Labute approximate surface area is 645 Å². The Balaban J connectivity index is 5.24. The summed E-state index contributed by atoms with van der Waals surface area (Å²) in [6.07, 6.45) is 66.5. The van der Waals surface area contributed by atoms with Crippen LogP contribution in [-0.2, 0) is 65.4 Å². The van der Waals surface area contributed by atoms with Gasteiger partial charge in [-0.15, -0.1) is 0 Å². The van der Waals surface area contributed by atoms with Crippen LogP contribution in [0, 0.1) is 17.8 Å². The van der Waals surface area contributed by atoms with E-state index in [2.05, 4.69) is 48.5 Å². The lowest BCUT2D eigenvalue weighted by molar-refractivity contribution is -0.161. The molecular weight excluding hydrogens is 1370 g/mol. The van der Waals surface area contributed by atoms with Crippen molar-refractivity contribution in [1.82, 2.24) is 0 Å². The second-order valence-corrected chi connectivity index (χ2v) is 35.0. The van der Waals surface area contributed by atoms with Crippen LogP contribution < -0.4 is 0 Å². The molecule has 0 aliphatic heterocycles. The van der Waals surface area contributed by atoms with Gasteiger partial charge in [0.05, 0.1) is 26.4 Å². The highest BCUT2D eigenvalue weighted by Crippen LogP contribution is 2.45. The Hall–Kier alpha value is -1.94. The van der Waals surface area contributed by atoms with Gasteiger partial charge in [-0.1, -0.05) is 402 Å². The standard InChI is InChI=1S/C86H168O17P2/c1-8-10-11-12-13-14-15-32-39-46-53-60-67-83(88)96-73-81(103-86(91)70-63-56-49-42-35-28-27-30-37-44-51-58-65-78(5)6)75-100-104(92,93)98-71-80(87)72-99-105(94,95)101-76-82(74-97-84(89)68-61-54-47-40-33-26-22-23-29-36-43-50-57-64-77(3)4)102-85(90)69-62-55-48-41-34-25-21-19-17-16-18-20-24-31-38-45-52-59-66-79(7)9-2/h77-82,87H,8-76H2,1-7H3,(H,92,93)(H,94,95)/t79?,80-,81+,82+/m0/s1. The van der Waals surface area contributed by atoms with Crippen LogP contribution >= 0.6 is 15.6 Å². The maximum Gasteiger partial charge on any atom is 0.472 e. The van der Waals surface area contributed by atoms with E-state index in [0.29, 0.717) is 25.7 Å². The van der Waals surface area contributed by atoms with Gasteiger partial charge in [0, 0.05) is 25.7 Å². The normalized spacial score (nSPS) is 14.1. The van der Waals surface area contributed by atoms with Crippen molar-refractivity contribution in [3.8, 4) is 0 Å². The number of phosphoric acid groups is 2. The van der Waals surface area contributed by atoms with Gasteiger partial charge in [-0.05, 0) is 43.4 Å². The minimum absolute atomic E-state index is 0.107. The van der Waals surface area contributed by atoms with E-state index in [-0.39, 0.29) is 25.7 Å². The van der Waals surface area contributed by atoms with Crippen LogP contribution in [0.15, 0.2) is 0 Å². The molecule has 19 heteroatoms. The van der Waals surface area contributed by atoms with E-state index in [0.717, 1.165) is 108 Å². The van der Waals surface area contributed by atoms with Crippen molar-refractivity contribution < 1.29 is 80.2 Å². The Bertz CT molecular complexity index is 2030. The molecule has 0 amide bonds. The molecule has 0 saturated heterocycles. The predicted molar refractivity (Wildman–Crippen MR) is 432 cm³/mol. The minimum atomic E-state index is -4.97. The van der Waals surface area contributed by atoms with E-state index in [4.69, 9.17) is 37.0 Å². The van der Waals surface area contributed by atoms with Crippen LogP contribution in [0.25, 0.3) is 0 Å². The van der Waals surface area contributed by atoms with Crippen molar-refractivity contribution in [1.29, 1.82) is 0 Å². The first-order valence-electron chi connectivity index (χ1n) is 44.4. The Morgan fingerprint density at radius 2 is 0.486 bits per heavy atom. The van der Waals surface area contributed by atoms with Crippen LogP contribution in [0.5, 0.6) is 0 Å². The van der Waals surface area contributed by atoms with E-state index >= 15 is 0 Å². The van der Waals surface area contributed by atoms with Gasteiger partial charge in [0.25, 0.3) is 0 Å². The number of phosphoric ester groups is 2. The van der Waals surface area contributed by atoms with E-state index < -0.39 is 97.5 Å². The molecule has 0 aromatic carbocycles. The predicted octanol–water partition coefficient (Wildman–Crippen LogP) is 26.1. The van der Waals surface area contributed by atoms with Gasteiger partial charge in [-0.3, -0.25) is 37.3 Å². The van der Waals surface area contributed by atoms with Gasteiger partial charge in [-0.25, -0.2) is 9.13 Å². The van der Waals surface area contributed by atoms with Crippen molar-refractivity contribution in [2.45, 2.75) is 471 Å². The Morgan fingerprint density at radius 3 is 0.724 bits per heavy atom. The van der Waals surface area contributed by atoms with Gasteiger partial charge in [-0.2, -0.15) is 0 Å². The molecule has 0 aromatic heterocycles. The third-order valence-electron chi connectivity index (χ3n) is 20.5. The fraction of sp³-hybridized carbons (Fsp3) is 0.953. The molecule has 3 unspecified atom stereocenters. The van der Waals surface area contributed by atoms with Gasteiger partial charge < -0.3 is 33.8 Å². The summed E-state index contributed by atoms with van der Waals surface area (Å²) in [5.41, 5.74) is 0. The number of esters is 4. The number of unbranched alkanes of at least 4 members (excludes halogenated alkanes) is 51. The van der Waals surface area contributed by atoms with E-state index in [1.165, 1.54) is 263 Å². The zero-order valence-electron chi connectivity index (χ0n) is 69.2. The van der Waals surface area contributed by atoms with Crippen molar-refractivity contribution in [3.63, 3.8) is 0 Å². The number of ether oxygens (including phenoxy) is 4. The Morgan fingerprint density at radius 1 is 0.276 bits per heavy atom. The highest BCUT2D eigenvalue weighted by molar-refractivity contribution is 7.47. The zero-order valence-corrected chi connectivity index (χ0v) is 71.0. The molecule has 3 N–H and O–H groups in total. The molecule has 6 atom stereocenters. The lowest BCUT2D eigenvalue weighted by Gasteiger charge is -2.21. The number of carbonyl (C=O) groups is 4. The van der Waals surface area contributed by atoms with Crippen molar-refractivity contribution >= 4 is 39.5 Å². The molecule has 0 fully saturated rings. The number of carbonyl (C=O) groups excluding carboxylic acids is 4. The lowest BCUT2D eigenvalue weighted by Crippen LogP contribution is -2.30. The van der Waals surface area contributed by atoms with Crippen LogP contribution in [0.2, 0.25) is 0 Å². The molecular formula is C86H168O17P2. The van der Waals surface area contributed by atoms with Gasteiger partial charge in [0.1, 0.15) is 19.3 Å². The van der Waals surface area contributed by atoms with Crippen LogP contribution in [0.4, 0.5) is 0 Å². The monoisotopic (exact) mass is 1540 g/mol. The van der Waals surface area contributed by atoms with E-state index in [9.17, 15) is 43.2 Å². The van der Waals surface area contributed by atoms with Crippen LogP contribution in [0.1, 0.15) is 453 Å². The molecule has 624 valence electrons. The molecule has 0 heterocycles. The first-order valence-corrected chi connectivity index (χ1v) is 47.4. The average Bonchev–Trinajstić information content (AvgIpc) is 0.933. The molecule has 17 nitrogen and oxygen atoms in total. The topological polar surface area (TPSA) is 237 Å². The third kappa shape index (κ3) is 78.5. The third-order valence-corrected chi connectivity index (χ3v) is 22.4. The zero-order chi connectivity index (χ0) is 77.2. The quantitative estimate of drug-likeness (QED) is 0.0222. The van der Waals surface area contributed by atoms with Gasteiger partial charge in [0.2, 0.25) is 0 Å². The molecule has 0 aliphatic rings. The molecule has 0 spiro atoms. The molecule has 0 aliphatic carbocycles. The molecule has 0 radical (unpaired) electrons. The molecule has 105 heavy (non-hydrogen) atoms. The van der Waals surface area contributed by atoms with Crippen LogP contribution in [-0.4, -0.2) is 96.7 Å². The van der Waals surface area contributed by atoms with Gasteiger partial charge in [0.15, 0.2) is 12.2 Å². The second kappa shape index (κ2) is 76.1. The van der Waals surface area contributed by atoms with Crippen LogP contribution in [0.3, 0.4) is 0 Å². The molecule has 0 aromatic rings. The largest absolute Gasteiger partial charge is 0.472 e. The smallest absolute Gasteiger partial charge is 0.462 e. The maximum absolute atomic E-state index is 13.1. The Kier molecular flexibility index (Phi) is 74.7. The minimum Gasteiger partial charge on any atom is -0.462 e. The molecule has 0 saturated carbocycles. The molecule has 0 rings (SSSR count). The summed E-state index contributed by atoms with van der Waals surface area (Å²) in [6.45, 7) is 12.1. The van der Waals surface area contributed by atoms with Crippen molar-refractivity contribution in [2.24, 2.45) is 17.8 Å². The number of rotatable bonds is 84. The SMILES string of the molecule is CCCCCCCCCCCCCCC(=O)OC[C@H](COP(=O)(O)OC[C@H](O)COP(=O)(O)OC[C@@H](COC(=O)CCCCCCCCCCCCCCCC(C)C)OC(=O)CCCCCCCCCCCCCCCCCCCCC(C)CC)OC(=O)CCCCCCCCCCCCCCC(C)C. The van der Waals surface area contributed by atoms with E-state index in [1.807, 2.05) is 0 Å². The number of aliphatic hydroxyl groups excluding tert-OH is 1. The fourth-order valence-corrected chi connectivity index (χ4v) is 14.9. The van der Waals surface area contributed by atoms with Crippen molar-refractivity contribution in [3.05, 3.63) is 0 Å². The summed E-state index contributed by atoms with van der Waals surface area (Å²) in [7, 11) is -9.93. The highest BCUT2D eigenvalue weighted by atomic mass is 31.2. The van der Waals surface area contributed by atoms with Crippen molar-refractivity contribution in [2.75, 3.05) is 39.6 Å². The lowest BCUT2D eigenvalue weighted by atomic mass is 9.99. The fourth-order valence-electron chi connectivity index (χ4n) is 13.3. The summed E-state index contributed by atoms with van der Waals surface area (Å²) in [4.78, 5) is 73.2. The summed E-state index contributed by atoms with van der Waals surface area (Å²) in [5.74, 6) is 0.336.